The summed E-state index contributed by atoms with van der Waals surface area (Å²) >= 11 is 0. The normalized spacial score (nSPS) is 23.4. The van der Waals surface area contributed by atoms with Crippen molar-refractivity contribution in [3.63, 3.8) is 0 Å². The molecule has 0 radical (unpaired) electrons. The highest BCUT2D eigenvalue weighted by Crippen LogP contribution is 2.24. The lowest BCUT2D eigenvalue weighted by atomic mass is 10.1. The van der Waals surface area contributed by atoms with E-state index in [0.717, 1.165) is 31.9 Å². The fourth-order valence-electron chi connectivity index (χ4n) is 3.30. The zero-order chi connectivity index (χ0) is 14.8. The van der Waals surface area contributed by atoms with Crippen LogP contribution < -0.4 is 10.6 Å². The summed E-state index contributed by atoms with van der Waals surface area (Å²) in [7, 11) is 0. The minimum absolute atomic E-state index is 0. The lowest BCUT2D eigenvalue weighted by Gasteiger charge is -2.21. The molecule has 0 aliphatic carbocycles. The molecule has 6 nitrogen and oxygen atoms in total. The molecule has 2 atom stereocenters. The van der Waals surface area contributed by atoms with Crippen molar-refractivity contribution in [2.75, 3.05) is 31.1 Å². The average molecular weight is 362 g/mol. The Morgan fingerprint density at radius 2 is 1.96 bits per heavy atom. The third kappa shape index (κ3) is 4.25. The van der Waals surface area contributed by atoms with Crippen LogP contribution in [0.25, 0.3) is 0 Å². The molecule has 1 aromatic heterocycles. The Labute approximate surface area is 149 Å². The maximum atomic E-state index is 12.5. The van der Waals surface area contributed by atoms with Gasteiger partial charge in [0.25, 0.3) is 5.91 Å². The van der Waals surface area contributed by atoms with Gasteiger partial charge in [-0.25, -0.2) is 0 Å². The molecule has 0 spiro atoms. The lowest BCUT2D eigenvalue weighted by Crippen LogP contribution is -2.35. The maximum Gasteiger partial charge on any atom is 0.274 e. The Morgan fingerprint density at radius 3 is 2.48 bits per heavy atom. The number of hydrogen-bond acceptors (Lipinski definition) is 5. The smallest absolute Gasteiger partial charge is 0.274 e. The van der Waals surface area contributed by atoms with Crippen molar-refractivity contribution in [1.82, 2.24) is 15.1 Å². The van der Waals surface area contributed by atoms with Gasteiger partial charge in [-0.15, -0.1) is 35.0 Å². The van der Waals surface area contributed by atoms with Crippen LogP contribution in [-0.2, 0) is 0 Å². The van der Waals surface area contributed by atoms with Gasteiger partial charge in [-0.05, 0) is 50.8 Å². The molecule has 8 heteroatoms. The minimum atomic E-state index is -0.0288. The van der Waals surface area contributed by atoms with Gasteiger partial charge in [-0.1, -0.05) is 0 Å². The predicted molar refractivity (Wildman–Crippen MR) is 95.6 cm³/mol. The summed E-state index contributed by atoms with van der Waals surface area (Å²) in [6.07, 6.45) is 3.38. The molecule has 1 aromatic rings. The highest BCUT2D eigenvalue weighted by Gasteiger charge is 2.32. The Balaban J connectivity index is 0.00000132. The average Bonchev–Trinajstić information content (AvgIpc) is 3.16. The van der Waals surface area contributed by atoms with Crippen LogP contribution in [0, 0.1) is 5.92 Å². The molecule has 2 unspecified atom stereocenters. The van der Waals surface area contributed by atoms with Crippen molar-refractivity contribution in [2.24, 2.45) is 11.7 Å². The van der Waals surface area contributed by atoms with Gasteiger partial charge in [-0.3, -0.25) is 4.79 Å². The van der Waals surface area contributed by atoms with Crippen molar-refractivity contribution in [3.05, 3.63) is 17.8 Å². The van der Waals surface area contributed by atoms with Crippen LogP contribution in [0.1, 0.15) is 36.7 Å². The van der Waals surface area contributed by atoms with E-state index in [-0.39, 0.29) is 36.8 Å². The third-order valence-corrected chi connectivity index (χ3v) is 4.56. The molecular formula is C15H25Cl2N5O. The second kappa shape index (κ2) is 8.66. The first-order valence-corrected chi connectivity index (χ1v) is 7.78. The first-order chi connectivity index (χ1) is 10.2. The van der Waals surface area contributed by atoms with Gasteiger partial charge in [0.2, 0.25) is 0 Å². The Morgan fingerprint density at radius 1 is 1.26 bits per heavy atom. The number of aromatic nitrogens is 2. The van der Waals surface area contributed by atoms with Crippen LogP contribution in [0.2, 0.25) is 0 Å². The number of nitrogens with two attached hydrogens (primary N) is 1. The third-order valence-electron chi connectivity index (χ3n) is 4.56. The van der Waals surface area contributed by atoms with Gasteiger partial charge >= 0.3 is 0 Å². The van der Waals surface area contributed by atoms with Crippen molar-refractivity contribution in [3.8, 4) is 0 Å². The maximum absolute atomic E-state index is 12.5. The zero-order valence-corrected chi connectivity index (χ0v) is 15.0. The van der Waals surface area contributed by atoms with E-state index >= 15 is 0 Å². The summed E-state index contributed by atoms with van der Waals surface area (Å²) in [6.45, 7) is 5.49. The van der Waals surface area contributed by atoms with Crippen LogP contribution in [0.4, 0.5) is 5.82 Å². The Hall–Kier alpha value is -1.11. The van der Waals surface area contributed by atoms with Crippen molar-refractivity contribution in [2.45, 2.75) is 32.2 Å². The van der Waals surface area contributed by atoms with Gasteiger partial charge in [0.15, 0.2) is 11.5 Å². The van der Waals surface area contributed by atoms with E-state index in [1.54, 1.807) is 6.07 Å². The predicted octanol–water partition coefficient (Wildman–Crippen LogP) is 1.73. The lowest BCUT2D eigenvalue weighted by molar-refractivity contribution is 0.0736. The summed E-state index contributed by atoms with van der Waals surface area (Å²) in [5.41, 5.74) is 6.15. The van der Waals surface area contributed by atoms with Gasteiger partial charge in [-0.2, -0.15) is 0 Å². The topological polar surface area (TPSA) is 75.3 Å². The molecule has 3 heterocycles. The molecule has 0 aromatic carbocycles. The van der Waals surface area contributed by atoms with E-state index in [1.807, 2.05) is 11.0 Å². The van der Waals surface area contributed by atoms with E-state index in [1.165, 1.54) is 12.8 Å². The Bertz CT molecular complexity index is 507. The quantitative estimate of drug-likeness (QED) is 0.886. The molecule has 23 heavy (non-hydrogen) atoms. The fraction of sp³-hybridized carbons (Fsp3) is 0.667. The summed E-state index contributed by atoms with van der Waals surface area (Å²) in [5.74, 6) is 1.25. The highest BCUT2D eigenvalue weighted by molar-refractivity contribution is 5.92. The second-order valence-electron chi connectivity index (χ2n) is 6.11. The van der Waals surface area contributed by atoms with Crippen LogP contribution >= 0.6 is 24.8 Å². The molecule has 0 saturated carbocycles. The monoisotopic (exact) mass is 361 g/mol. The molecule has 3 rings (SSSR count). The summed E-state index contributed by atoms with van der Waals surface area (Å²) in [5, 5.41) is 8.36. The standard InChI is InChI=1S/C15H23N5O.2ClH/c1-11-8-12(9-16)10-20(11)15(21)13-4-5-14(18-17-13)19-6-2-3-7-19;;/h4-5,11-12H,2-3,6-10,16H2,1H3;2*1H. The molecular weight excluding hydrogens is 337 g/mol. The van der Waals surface area contributed by atoms with Gasteiger partial charge in [0.05, 0.1) is 0 Å². The first-order valence-electron chi connectivity index (χ1n) is 7.78. The minimum Gasteiger partial charge on any atom is -0.355 e. The largest absolute Gasteiger partial charge is 0.355 e. The number of carbonyl (C=O) groups is 1. The van der Waals surface area contributed by atoms with Crippen molar-refractivity contribution >= 4 is 36.5 Å². The Kier molecular flexibility index (Phi) is 7.51. The summed E-state index contributed by atoms with van der Waals surface area (Å²) in [4.78, 5) is 16.6. The molecule has 2 aliphatic heterocycles. The van der Waals surface area contributed by atoms with Crippen molar-refractivity contribution in [1.29, 1.82) is 0 Å². The number of amides is 1. The second-order valence-corrected chi connectivity index (χ2v) is 6.11. The molecule has 2 N–H and O–H groups in total. The van der Waals surface area contributed by atoms with Crippen LogP contribution in [0.3, 0.4) is 0 Å². The van der Waals surface area contributed by atoms with E-state index < -0.39 is 0 Å². The molecule has 2 saturated heterocycles. The molecule has 2 fully saturated rings. The molecule has 2 aliphatic rings. The number of anilines is 1. The van der Waals surface area contributed by atoms with Gasteiger partial charge in [0.1, 0.15) is 0 Å². The number of halogens is 2. The number of hydrogen-bond donors (Lipinski definition) is 1. The van der Waals surface area contributed by atoms with Crippen LogP contribution in [0.5, 0.6) is 0 Å². The molecule has 1 amide bonds. The number of carbonyl (C=O) groups excluding carboxylic acids is 1. The fourth-order valence-corrected chi connectivity index (χ4v) is 3.30. The van der Waals surface area contributed by atoms with E-state index in [9.17, 15) is 4.79 Å². The first kappa shape index (κ1) is 19.9. The van der Waals surface area contributed by atoms with E-state index in [0.29, 0.717) is 18.2 Å². The van der Waals surface area contributed by atoms with E-state index in [2.05, 4.69) is 22.0 Å². The highest BCUT2D eigenvalue weighted by atomic mass is 35.5. The van der Waals surface area contributed by atoms with Crippen molar-refractivity contribution < 1.29 is 4.79 Å². The van der Waals surface area contributed by atoms with Crippen LogP contribution in [0.15, 0.2) is 12.1 Å². The summed E-state index contributed by atoms with van der Waals surface area (Å²) in [6, 6.07) is 3.93. The molecule has 0 bridgehead atoms. The number of rotatable bonds is 3. The van der Waals surface area contributed by atoms with Crippen LogP contribution in [-0.4, -0.2) is 53.2 Å². The molecule has 130 valence electrons. The summed E-state index contributed by atoms with van der Waals surface area (Å²) < 4.78 is 0. The van der Waals surface area contributed by atoms with Gasteiger partial charge < -0.3 is 15.5 Å². The number of nitrogens with zero attached hydrogens (tertiary/aromatic N) is 4. The SMILES string of the molecule is CC1CC(CN)CN1C(=O)c1ccc(N2CCCC2)nn1.Cl.Cl. The van der Waals surface area contributed by atoms with E-state index in [4.69, 9.17) is 5.73 Å². The zero-order valence-electron chi connectivity index (χ0n) is 13.4. The van der Waals surface area contributed by atoms with Gasteiger partial charge in [0, 0.05) is 25.7 Å². The number of likely N-dealkylation sites (tertiary alicyclic amines) is 1.